The van der Waals surface area contributed by atoms with Crippen LogP contribution in [0.1, 0.15) is 44.1 Å². The van der Waals surface area contributed by atoms with E-state index in [9.17, 15) is 0 Å². The molecule has 7 aromatic carbocycles. The van der Waals surface area contributed by atoms with E-state index in [1.807, 2.05) is 0 Å². The van der Waals surface area contributed by atoms with E-state index in [0.717, 1.165) is 24.2 Å². The zero-order chi connectivity index (χ0) is 33.1. The highest BCUT2D eigenvalue weighted by molar-refractivity contribution is 6.22. The topological polar surface area (TPSA) is 13.1 Å². The number of hydrogen-bond donors (Lipinski definition) is 0. The van der Waals surface area contributed by atoms with Crippen molar-refractivity contribution in [2.75, 3.05) is 0 Å². The van der Waals surface area contributed by atoms with E-state index in [0.29, 0.717) is 0 Å². The molecule has 0 N–H and O–H groups in total. The lowest BCUT2D eigenvalue weighted by Crippen LogP contribution is -2.10. The summed E-state index contributed by atoms with van der Waals surface area (Å²) in [6.45, 7) is 6.90. The van der Waals surface area contributed by atoms with Crippen molar-refractivity contribution in [1.82, 2.24) is 0 Å². The molecule has 0 fully saturated rings. The average Bonchev–Trinajstić information content (AvgIpc) is 3.52. The van der Waals surface area contributed by atoms with E-state index < -0.39 is 0 Å². The third-order valence-corrected chi connectivity index (χ3v) is 10.3. The molecule has 0 spiro atoms. The first-order valence-corrected chi connectivity index (χ1v) is 17.4. The minimum absolute atomic E-state index is 0.0388. The van der Waals surface area contributed by atoms with Gasteiger partial charge in [-0.15, -0.1) is 0 Å². The van der Waals surface area contributed by atoms with Crippen LogP contribution in [0.25, 0.3) is 83.1 Å². The predicted octanol–water partition coefficient (Wildman–Crippen LogP) is 13.7. The van der Waals surface area contributed by atoms with E-state index in [1.165, 1.54) is 82.6 Å². The van der Waals surface area contributed by atoms with Gasteiger partial charge in [-0.3, -0.25) is 0 Å². The van der Waals surface area contributed by atoms with E-state index in [-0.39, 0.29) is 5.41 Å². The largest absolute Gasteiger partial charge is 0.460 e. The summed E-state index contributed by atoms with van der Waals surface area (Å²) in [6, 6.07) is 51.6. The molecule has 0 saturated carbocycles. The molecule has 236 valence electrons. The fourth-order valence-corrected chi connectivity index (χ4v) is 7.72. The molecule has 0 bridgehead atoms. The van der Waals surface area contributed by atoms with Crippen molar-refractivity contribution in [2.45, 2.75) is 39.0 Å². The van der Waals surface area contributed by atoms with Gasteiger partial charge in [0.15, 0.2) is 0 Å². The van der Waals surface area contributed by atoms with E-state index in [2.05, 4.69) is 172 Å². The zero-order valence-electron chi connectivity index (χ0n) is 28.3. The van der Waals surface area contributed by atoms with Gasteiger partial charge in [0.2, 0.25) is 0 Å². The van der Waals surface area contributed by atoms with Gasteiger partial charge in [-0.05, 0) is 114 Å². The second kappa shape index (κ2) is 11.5. The Balaban J connectivity index is 1.27. The Labute approximate surface area is 288 Å². The van der Waals surface area contributed by atoms with Crippen molar-refractivity contribution in [1.29, 1.82) is 0 Å². The summed E-state index contributed by atoms with van der Waals surface area (Å²) >= 11 is 0. The third kappa shape index (κ3) is 5.09. The summed E-state index contributed by atoms with van der Waals surface area (Å²) in [6.07, 6.45) is 6.49. The molecule has 0 amide bonds. The molecule has 1 heterocycles. The maximum atomic E-state index is 6.21. The van der Waals surface area contributed by atoms with Crippen LogP contribution in [-0.4, -0.2) is 0 Å². The monoisotopic (exact) mass is 630 g/mol. The fourth-order valence-electron chi connectivity index (χ4n) is 7.72. The Morgan fingerprint density at radius 2 is 1.02 bits per heavy atom. The Bertz CT molecular complexity index is 2560. The molecular formula is C48H38O. The first-order chi connectivity index (χ1) is 23.9. The van der Waals surface area contributed by atoms with Crippen LogP contribution in [0.4, 0.5) is 0 Å². The molecule has 9 rings (SSSR count). The number of benzene rings is 7. The van der Waals surface area contributed by atoms with Crippen LogP contribution in [0.5, 0.6) is 0 Å². The van der Waals surface area contributed by atoms with Crippen LogP contribution in [0.3, 0.4) is 0 Å². The molecule has 8 aromatic rings. The van der Waals surface area contributed by atoms with Crippen molar-refractivity contribution in [3.8, 4) is 44.5 Å². The average molecular weight is 631 g/mol. The number of hydrogen-bond acceptors (Lipinski definition) is 1. The second-order valence-electron chi connectivity index (χ2n) is 14.4. The quantitative estimate of drug-likeness (QED) is 0.176. The highest BCUT2D eigenvalue weighted by atomic mass is 16.3. The van der Waals surface area contributed by atoms with Crippen molar-refractivity contribution in [3.05, 3.63) is 162 Å². The molecule has 1 aliphatic rings. The van der Waals surface area contributed by atoms with Crippen LogP contribution in [0.15, 0.2) is 150 Å². The van der Waals surface area contributed by atoms with Gasteiger partial charge in [0.25, 0.3) is 0 Å². The maximum Gasteiger partial charge on any atom is 0.134 e. The Hall–Kier alpha value is -5.66. The smallest absolute Gasteiger partial charge is 0.134 e. The standard InChI is InChI=1S/C48H38O/c1-48(2,3)37-23-25-40-43(30-37)47(32-15-8-5-9-16-32)39-24-21-35(29-42(39)46(40)31-13-6-4-7-14-31)33-17-12-18-34(27-33)36-22-26-45-41(28-36)38-19-10-11-20-44(38)49-45/h4-10,12-19,21-30H,11,20H2,1-3H3. The zero-order valence-corrected chi connectivity index (χ0v) is 28.3. The van der Waals surface area contributed by atoms with Crippen molar-refractivity contribution >= 4 is 38.6 Å². The highest BCUT2D eigenvalue weighted by Gasteiger charge is 2.21. The fraction of sp³-hybridized carbons (Fsp3) is 0.125. The van der Waals surface area contributed by atoms with Gasteiger partial charge in [-0.1, -0.05) is 142 Å². The van der Waals surface area contributed by atoms with Gasteiger partial charge < -0.3 is 4.42 Å². The second-order valence-corrected chi connectivity index (χ2v) is 14.4. The summed E-state index contributed by atoms with van der Waals surface area (Å²) in [5.41, 5.74) is 13.5. The van der Waals surface area contributed by atoms with Crippen LogP contribution in [-0.2, 0) is 11.8 Å². The number of fused-ring (bicyclic) bond motifs is 5. The van der Waals surface area contributed by atoms with Gasteiger partial charge >= 0.3 is 0 Å². The van der Waals surface area contributed by atoms with Gasteiger partial charge in [-0.25, -0.2) is 0 Å². The molecule has 0 aliphatic heterocycles. The first kappa shape index (κ1) is 29.5. The summed E-state index contributed by atoms with van der Waals surface area (Å²) in [5, 5.41) is 6.31. The van der Waals surface area contributed by atoms with Gasteiger partial charge in [0.1, 0.15) is 11.3 Å². The number of rotatable bonds is 4. The lowest BCUT2D eigenvalue weighted by molar-refractivity contribution is 0.546. The van der Waals surface area contributed by atoms with E-state index in [4.69, 9.17) is 4.42 Å². The minimum Gasteiger partial charge on any atom is -0.460 e. The summed E-state index contributed by atoms with van der Waals surface area (Å²) in [4.78, 5) is 0. The lowest BCUT2D eigenvalue weighted by atomic mass is 9.81. The van der Waals surface area contributed by atoms with Crippen molar-refractivity contribution in [3.63, 3.8) is 0 Å². The molecule has 1 nitrogen and oxygen atoms in total. The lowest BCUT2D eigenvalue weighted by Gasteiger charge is -2.23. The third-order valence-electron chi connectivity index (χ3n) is 10.3. The highest BCUT2D eigenvalue weighted by Crippen LogP contribution is 2.46. The van der Waals surface area contributed by atoms with Crippen molar-refractivity contribution in [2.24, 2.45) is 0 Å². The maximum absolute atomic E-state index is 6.21. The number of allylic oxidation sites excluding steroid dienone is 1. The molecule has 1 aliphatic carbocycles. The predicted molar refractivity (Wildman–Crippen MR) is 209 cm³/mol. The molecule has 0 unspecified atom stereocenters. The summed E-state index contributed by atoms with van der Waals surface area (Å²) in [5.74, 6) is 1.10. The minimum atomic E-state index is 0.0388. The molecule has 0 radical (unpaired) electrons. The molecule has 0 saturated heterocycles. The van der Waals surface area contributed by atoms with Crippen LogP contribution >= 0.6 is 0 Å². The van der Waals surface area contributed by atoms with Crippen LogP contribution in [0, 0.1) is 0 Å². The van der Waals surface area contributed by atoms with Gasteiger partial charge in [0, 0.05) is 17.4 Å². The summed E-state index contributed by atoms with van der Waals surface area (Å²) in [7, 11) is 0. The van der Waals surface area contributed by atoms with Gasteiger partial charge in [-0.2, -0.15) is 0 Å². The normalized spacial score (nSPS) is 13.0. The number of aryl methyl sites for hydroxylation is 1. The molecular weight excluding hydrogens is 593 g/mol. The van der Waals surface area contributed by atoms with Gasteiger partial charge in [0.05, 0.1) is 0 Å². The van der Waals surface area contributed by atoms with Crippen molar-refractivity contribution < 1.29 is 4.42 Å². The molecule has 0 atom stereocenters. The Morgan fingerprint density at radius 1 is 0.469 bits per heavy atom. The van der Waals surface area contributed by atoms with E-state index >= 15 is 0 Å². The molecule has 49 heavy (non-hydrogen) atoms. The Morgan fingerprint density at radius 3 is 1.67 bits per heavy atom. The summed E-state index contributed by atoms with van der Waals surface area (Å²) < 4.78 is 6.21. The van der Waals surface area contributed by atoms with Crippen LogP contribution in [0.2, 0.25) is 0 Å². The molecule has 1 aromatic heterocycles. The molecule has 1 heteroatoms. The first-order valence-electron chi connectivity index (χ1n) is 17.4. The number of furan rings is 1. The Kier molecular flexibility index (Phi) is 6.91. The van der Waals surface area contributed by atoms with E-state index in [1.54, 1.807) is 0 Å². The van der Waals surface area contributed by atoms with Crippen LogP contribution < -0.4 is 0 Å². The SMILES string of the molecule is CC(C)(C)c1ccc2c(-c3ccccc3)c3cc(-c4cccc(-c5ccc6oc7c(c6c5)C=CCC7)c4)ccc3c(-c3ccccc3)c2c1.